The van der Waals surface area contributed by atoms with Crippen LogP contribution in [0.25, 0.3) is 0 Å². The van der Waals surface area contributed by atoms with Gasteiger partial charge in [-0.3, -0.25) is 0 Å². The zero-order chi connectivity index (χ0) is 35.5. The maximum atomic E-state index is 11.6. The first-order valence-electron chi connectivity index (χ1n) is 19.4. The van der Waals surface area contributed by atoms with Crippen molar-refractivity contribution in [3.05, 3.63) is 11.6 Å². The lowest BCUT2D eigenvalue weighted by atomic mass is 9.46. The molecule has 21 atom stereocenters. The van der Waals surface area contributed by atoms with Gasteiger partial charge in [0.25, 0.3) is 0 Å². The zero-order valence-corrected chi connectivity index (χ0v) is 30.2. The number of rotatable bonds is 4. The monoisotopic (exact) mass is 708 g/mol. The summed E-state index contributed by atoms with van der Waals surface area (Å²) in [5.74, 6) is 2.12. The van der Waals surface area contributed by atoms with Crippen LogP contribution in [0.1, 0.15) is 86.0 Å². The van der Waals surface area contributed by atoms with Crippen molar-refractivity contribution in [2.24, 2.45) is 46.3 Å². The molecule has 4 aliphatic heterocycles. The van der Waals surface area contributed by atoms with Crippen molar-refractivity contribution in [3.63, 3.8) is 0 Å². The second kappa shape index (κ2) is 12.9. The van der Waals surface area contributed by atoms with Crippen molar-refractivity contribution in [2.75, 3.05) is 13.2 Å². The van der Waals surface area contributed by atoms with Crippen LogP contribution >= 0.6 is 0 Å². The van der Waals surface area contributed by atoms with Crippen LogP contribution in [-0.4, -0.2) is 123 Å². The van der Waals surface area contributed by atoms with E-state index < -0.39 is 78.7 Å². The number of ether oxygens (including phenoxy) is 6. The molecule has 50 heavy (non-hydrogen) atoms. The molecule has 0 amide bonds. The third-order valence-electron chi connectivity index (χ3n) is 15.2. The summed E-state index contributed by atoms with van der Waals surface area (Å²) in [6, 6.07) is 0. The van der Waals surface area contributed by atoms with Crippen molar-refractivity contribution in [1.29, 1.82) is 0 Å². The molecular formula is C38H60O12. The molecule has 284 valence electrons. The summed E-state index contributed by atoms with van der Waals surface area (Å²) in [4.78, 5) is 0. The van der Waals surface area contributed by atoms with Gasteiger partial charge in [0.2, 0.25) is 0 Å². The average molecular weight is 709 g/mol. The van der Waals surface area contributed by atoms with Crippen molar-refractivity contribution in [1.82, 2.24) is 0 Å². The molecule has 8 rings (SSSR count). The summed E-state index contributed by atoms with van der Waals surface area (Å²) < 4.78 is 37.6. The number of allylic oxidation sites excluding steroid dienone is 1. The third-order valence-corrected chi connectivity index (χ3v) is 15.2. The Bertz CT molecular complexity index is 1290. The molecule has 0 bridgehead atoms. The number of hydrogen-bond acceptors (Lipinski definition) is 12. The van der Waals surface area contributed by atoms with E-state index in [4.69, 9.17) is 28.4 Å². The van der Waals surface area contributed by atoms with Crippen LogP contribution in [-0.2, 0) is 28.4 Å². The van der Waals surface area contributed by atoms with Gasteiger partial charge in [0, 0.05) is 24.2 Å². The molecule has 4 saturated heterocycles. The summed E-state index contributed by atoms with van der Waals surface area (Å²) in [6.45, 7) is 11.6. The summed E-state index contributed by atoms with van der Waals surface area (Å²) >= 11 is 0. The number of fused-ring (bicyclic) bond motifs is 7. The molecule has 1 spiro atoms. The van der Waals surface area contributed by atoms with Crippen molar-refractivity contribution >= 4 is 0 Å². The van der Waals surface area contributed by atoms with Crippen LogP contribution < -0.4 is 0 Å². The minimum Gasteiger partial charge on any atom is -0.393 e. The Morgan fingerprint density at radius 1 is 0.820 bits per heavy atom. The highest BCUT2D eigenvalue weighted by Gasteiger charge is 2.69. The Morgan fingerprint density at radius 2 is 1.60 bits per heavy atom. The van der Waals surface area contributed by atoms with E-state index in [9.17, 15) is 30.6 Å². The Labute approximate surface area is 295 Å². The number of aliphatic hydroxyl groups is 6. The van der Waals surface area contributed by atoms with E-state index in [-0.39, 0.29) is 18.1 Å². The first-order valence-corrected chi connectivity index (χ1v) is 19.4. The predicted molar refractivity (Wildman–Crippen MR) is 177 cm³/mol. The summed E-state index contributed by atoms with van der Waals surface area (Å²) in [5.41, 5.74) is 0.941. The normalized spacial score (nSPS) is 59.3. The molecule has 8 aliphatic rings. The van der Waals surface area contributed by atoms with Gasteiger partial charge in [-0.05, 0) is 80.5 Å². The van der Waals surface area contributed by atoms with E-state index in [1.165, 1.54) is 5.57 Å². The minimum absolute atomic E-state index is 0.140. The number of hydrogen-bond donors (Lipinski definition) is 6. The van der Waals surface area contributed by atoms with Crippen LogP contribution in [0.5, 0.6) is 0 Å². The largest absolute Gasteiger partial charge is 0.393 e. The second-order valence-corrected chi connectivity index (χ2v) is 17.9. The van der Waals surface area contributed by atoms with Crippen LogP contribution in [0.15, 0.2) is 11.6 Å². The molecule has 12 nitrogen and oxygen atoms in total. The molecule has 0 aromatic rings. The van der Waals surface area contributed by atoms with Gasteiger partial charge >= 0.3 is 0 Å². The molecule has 4 aliphatic carbocycles. The lowest BCUT2D eigenvalue weighted by Crippen LogP contribution is -2.64. The first kappa shape index (κ1) is 36.2. The predicted octanol–water partition coefficient (Wildman–Crippen LogP) is 2.00. The van der Waals surface area contributed by atoms with Gasteiger partial charge in [0.1, 0.15) is 36.6 Å². The van der Waals surface area contributed by atoms with Gasteiger partial charge < -0.3 is 59.1 Å². The smallest absolute Gasteiger partial charge is 0.186 e. The van der Waals surface area contributed by atoms with Gasteiger partial charge in [-0.25, -0.2) is 0 Å². The lowest BCUT2D eigenvalue weighted by Gasteiger charge is -2.60. The molecule has 6 N–H and O–H groups in total. The fourth-order valence-corrected chi connectivity index (χ4v) is 12.4. The quantitative estimate of drug-likeness (QED) is 0.235. The number of aliphatic hydroxyl groups excluding tert-OH is 6. The van der Waals surface area contributed by atoms with Crippen molar-refractivity contribution < 1.29 is 59.1 Å². The Kier molecular flexibility index (Phi) is 9.38. The van der Waals surface area contributed by atoms with Gasteiger partial charge in [0.15, 0.2) is 18.4 Å². The maximum absolute atomic E-state index is 11.6. The molecule has 0 unspecified atom stereocenters. The van der Waals surface area contributed by atoms with E-state index in [0.29, 0.717) is 48.3 Å². The molecule has 3 saturated carbocycles. The van der Waals surface area contributed by atoms with Gasteiger partial charge in [0.05, 0.1) is 37.6 Å². The minimum atomic E-state index is -1.58. The highest BCUT2D eigenvalue weighted by molar-refractivity contribution is 5.28. The average Bonchev–Trinajstić information content (AvgIpc) is 3.53. The molecule has 12 heteroatoms. The molecular weight excluding hydrogens is 648 g/mol. The molecule has 0 radical (unpaired) electrons. The van der Waals surface area contributed by atoms with Gasteiger partial charge in [-0.15, -0.1) is 0 Å². The van der Waals surface area contributed by atoms with Crippen LogP contribution in [0.3, 0.4) is 0 Å². The van der Waals surface area contributed by atoms with Crippen LogP contribution in [0.4, 0.5) is 0 Å². The van der Waals surface area contributed by atoms with E-state index in [0.717, 1.165) is 45.1 Å². The second-order valence-electron chi connectivity index (χ2n) is 17.9. The fourth-order valence-electron chi connectivity index (χ4n) is 12.4. The van der Waals surface area contributed by atoms with Crippen LogP contribution in [0, 0.1) is 46.3 Å². The molecule has 4 heterocycles. The zero-order valence-electron chi connectivity index (χ0n) is 30.2. The Hall–Kier alpha value is -0.740. The lowest BCUT2D eigenvalue weighted by molar-refractivity contribution is -0.355. The fraction of sp³-hybridized carbons (Fsp3) is 0.947. The highest BCUT2D eigenvalue weighted by Crippen LogP contribution is 2.71. The first-order chi connectivity index (χ1) is 23.7. The summed E-state index contributed by atoms with van der Waals surface area (Å²) in [6.07, 6.45) is -3.08. The highest BCUT2D eigenvalue weighted by atomic mass is 16.7. The molecule has 0 aromatic carbocycles. The van der Waals surface area contributed by atoms with Crippen molar-refractivity contribution in [3.8, 4) is 0 Å². The van der Waals surface area contributed by atoms with E-state index in [2.05, 4.69) is 33.8 Å². The Morgan fingerprint density at radius 3 is 2.34 bits per heavy atom. The van der Waals surface area contributed by atoms with E-state index in [1.807, 2.05) is 0 Å². The van der Waals surface area contributed by atoms with E-state index >= 15 is 0 Å². The molecule has 7 fully saturated rings. The summed E-state index contributed by atoms with van der Waals surface area (Å²) in [7, 11) is 0. The molecule has 0 aromatic heterocycles. The topological polar surface area (TPSA) is 177 Å². The standard InChI is InChI=1S/C38H60O12/c1-17-8-11-38(46-15-17)18(2)28-26(50-38)14-24-22-7-6-20-12-21(39)13-27(37(20,5)23(22)9-10-36(24,28)4)48-35-32(44)33(29(41)19(3)47-35)49-34-31(43)30(42)25(40)16-45-34/h6,17-19,21-35,39-44H,7-16H2,1-5H3/t17-,18-,19+,21+,22+,23-,24-,25+,26-,27+,28-,29-,30-,31+,32+,33-,34-,35-,36-,37-,38+/m0/s1. The van der Waals surface area contributed by atoms with Crippen LogP contribution in [0.2, 0.25) is 0 Å². The maximum Gasteiger partial charge on any atom is 0.186 e. The van der Waals surface area contributed by atoms with Crippen molar-refractivity contribution in [2.45, 2.75) is 165 Å². The van der Waals surface area contributed by atoms with E-state index in [1.54, 1.807) is 6.92 Å². The SMILES string of the molecule is C[C@H]1CC[C@@]2(OC1)O[C@H]1C[C@H]3[C@@H]4CC=C5C[C@@H](O)C[C@@H](O[C@@H]6O[C@H](C)[C@H](O)[C@H](O[C@@H]7OC[C@@H](O)[C@H](O)[C@H]7O)[C@H]6O)[C@]5(C)[C@H]4CC[C@]3(C)[C@H]1[C@@H]2C. The van der Waals surface area contributed by atoms with Gasteiger partial charge in [-0.2, -0.15) is 0 Å². The van der Waals surface area contributed by atoms with Gasteiger partial charge in [-0.1, -0.05) is 39.3 Å². The summed E-state index contributed by atoms with van der Waals surface area (Å²) in [5, 5.41) is 64.3. The third kappa shape index (κ3) is 5.45. The Balaban J connectivity index is 1.02.